The highest BCUT2D eigenvalue weighted by Gasteiger charge is 2.25. The van der Waals surface area contributed by atoms with Gasteiger partial charge in [0, 0.05) is 16.9 Å². The number of hydrogen-bond acceptors (Lipinski definition) is 4. The van der Waals surface area contributed by atoms with Gasteiger partial charge in [0.1, 0.15) is 11.5 Å². The van der Waals surface area contributed by atoms with Crippen molar-refractivity contribution in [1.82, 2.24) is 0 Å². The van der Waals surface area contributed by atoms with Crippen LogP contribution in [-0.4, -0.2) is 25.2 Å². The van der Waals surface area contributed by atoms with Gasteiger partial charge in [-0.15, -0.1) is 0 Å². The van der Waals surface area contributed by atoms with Crippen LogP contribution in [0.4, 0.5) is 0 Å². The third kappa shape index (κ3) is 2.93. The Hall–Kier alpha value is -0.870. The molecule has 1 aliphatic rings. The zero-order valence-corrected chi connectivity index (χ0v) is 11.8. The van der Waals surface area contributed by atoms with Crippen LogP contribution in [0.5, 0.6) is 11.5 Å². The smallest absolute Gasteiger partial charge is 0.123 e. The van der Waals surface area contributed by atoms with Crippen molar-refractivity contribution in [3.8, 4) is 11.5 Å². The van der Waals surface area contributed by atoms with Crippen molar-refractivity contribution in [2.24, 2.45) is 5.73 Å². The van der Waals surface area contributed by atoms with Gasteiger partial charge in [0.25, 0.3) is 0 Å². The SMILES string of the molecule is COc1ccc(OC)c(C(N)C2CCCCS2)c1. The molecule has 1 heterocycles. The fourth-order valence-electron chi connectivity index (χ4n) is 2.35. The lowest BCUT2D eigenvalue weighted by molar-refractivity contribution is 0.393. The van der Waals surface area contributed by atoms with E-state index in [-0.39, 0.29) is 6.04 Å². The van der Waals surface area contributed by atoms with Crippen LogP contribution in [0.3, 0.4) is 0 Å². The molecule has 3 nitrogen and oxygen atoms in total. The van der Waals surface area contributed by atoms with E-state index < -0.39 is 0 Å². The lowest BCUT2D eigenvalue weighted by atomic mass is 9.99. The Balaban J connectivity index is 2.23. The van der Waals surface area contributed by atoms with E-state index in [1.807, 2.05) is 30.0 Å². The summed E-state index contributed by atoms with van der Waals surface area (Å²) in [5, 5.41) is 0.486. The Bertz CT molecular complexity index is 391. The molecule has 2 rings (SSSR count). The molecule has 0 aromatic heterocycles. The molecule has 0 amide bonds. The van der Waals surface area contributed by atoms with Crippen LogP contribution in [0.15, 0.2) is 18.2 Å². The molecule has 1 fully saturated rings. The number of methoxy groups -OCH3 is 2. The van der Waals surface area contributed by atoms with Crippen molar-refractivity contribution < 1.29 is 9.47 Å². The molecular formula is C14H21NO2S. The summed E-state index contributed by atoms with van der Waals surface area (Å²) in [6.07, 6.45) is 3.77. The molecular weight excluding hydrogens is 246 g/mol. The predicted octanol–water partition coefficient (Wildman–Crippen LogP) is 2.99. The number of nitrogens with two attached hydrogens (primary N) is 1. The van der Waals surface area contributed by atoms with Crippen LogP contribution in [-0.2, 0) is 0 Å². The molecule has 2 unspecified atom stereocenters. The fourth-order valence-corrected chi connectivity index (χ4v) is 3.71. The number of ether oxygens (including phenoxy) is 2. The van der Waals surface area contributed by atoms with Crippen molar-refractivity contribution >= 4 is 11.8 Å². The first kappa shape index (κ1) is 13.6. The molecule has 0 bridgehead atoms. The first-order valence-corrected chi connectivity index (χ1v) is 7.40. The lowest BCUT2D eigenvalue weighted by Crippen LogP contribution is -2.26. The predicted molar refractivity (Wildman–Crippen MR) is 76.6 cm³/mol. The molecule has 2 N–H and O–H groups in total. The first-order valence-electron chi connectivity index (χ1n) is 6.35. The van der Waals surface area contributed by atoms with E-state index in [9.17, 15) is 0 Å². The minimum atomic E-state index is 0.0142. The first-order chi connectivity index (χ1) is 8.76. The van der Waals surface area contributed by atoms with Crippen LogP contribution < -0.4 is 15.2 Å². The molecule has 1 aromatic carbocycles. The maximum Gasteiger partial charge on any atom is 0.123 e. The minimum Gasteiger partial charge on any atom is -0.497 e. The summed E-state index contributed by atoms with van der Waals surface area (Å²) in [5.74, 6) is 2.90. The Morgan fingerprint density at radius 2 is 2.11 bits per heavy atom. The van der Waals surface area contributed by atoms with E-state index in [4.69, 9.17) is 15.2 Å². The quantitative estimate of drug-likeness (QED) is 0.911. The molecule has 1 saturated heterocycles. The van der Waals surface area contributed by atoms with Crippen molar-refractivity contribution in [3.05, 3.63) is 23.8 Å². The molecule has 0 radical (unpaired) electrons. The van der Waals surface area contributed by atoms with Gasteiger partial charge in [-0.05, 0) is 36.8 Å². The maximum atomic E-state index is 6.41. The van der Waals surface area contributed by atoms with Gasteiger partial charge < -0.3 is 15.2 Å². The van der Waals surface area contributed by atoms with Crippen molar-refractivity contribution in [1.29, 1.82) is 0 Å². The van der Waals surface area contributed by atoms with Crippen LogP contribution in [0.25, 0.3) is 0 Å². The third-order valence-electron chi connectivity index (χ3n) is 3.41. The second-order valence-electron chi connectivity index (χ2n) is 4.54. The summed E-state index contributed by atoms with van der Waals surface area (Å²) in [4.78, 5) is 0. The summed E-state index contributed by atoms with van der Waals surface area (Å²) in [7, 11) is 3.36. The molecule has 18 heavy (non-hydrogen) atoms. The van der Waals surface area contributed by atoms with Crippen LogP contribution in [0.2, 0.25) is 0 Å². The molecule has 0 aliphatic carbocycles. The van der Waals surface area contributed by atoms with Gasteiger partial charge in [-0.2, -0.15) is 11.8 Å². The highest BCUT2D eigenvalue weighted by atomic mass is 32.2. The second-order valence-corrected chi connectivity index (χ2v) is 5.89. The van der Waals surface area contributed by atoms with E-state index in [0.717, 1.165) is 17.1 Å². The Morgan fingerprint density at radius 3 is 2.72 bits per heavy atom. The summed E-state index contributed by atoms with van der Waals surface area (Å²) in [5.41, 5.74) is 7.47. The van der Waals surface area contributed by atoms with Gasteiger partial charge >= 0.3 is 0 Å². The number of hydrogen-bond donors (Lipinski definition) is 1. The largest absolute Gasteiger partial charge is 0.497 e. The molecule has 100 valence electrons. The standard InChI is InChI=1S/C14H21NO2S/c1-16-10-6-7-12(17-2)11(9-10)14(15)13-5-3-4-8-18-13/h6-7,9,13-14H,3-5,8,15H2,1-2H3. The number of benzene rings is 1. The van der Waals surface area contributed by atoms with Crippen LogP contribution in [0.1, 0.15) is 30.9 Å². The van der Waals surface area contributed by atoms with Gasteiger partial charge in [-0.3, -0.25) is 0 Å². The highest BCUT2D eigenvalue weighted by Crippen LogP contribution is 2.37. The summed E-state index contributed by atoms with van der Waals surface area (Å²) < 4.78 is 10.7. The summed E-state index contributed by atoms with van der Waals surface area (Å²) >= 11 is 1.98. The number of thioether (sulfide) groups is 1. The third-order valence-corrected chi connectivity index (χ3v) is 4.89. The van der Waals surface area contributed by atoms with Crippen LogP contribution >= 0.6 is 11.8 Å². The molecule has 0 saturated carbocycles. The molecule has 1 aliphatic heterocycles. The molecule has 1 aromatic rings. The monoisotopic (exact) mass is 267 g/mol. The van der Waals surface area contributed by atoms with Gasteiger partial charge in [-0.25, -0.2) is 0 Å². The van der Waals surface area contributed by atoms with Gasteiger partial charge in [-0.1, -0.05) is 6.42 Å². The fraction of sp³-hybridized carbons (Fsp3) is 0.571. The zero-order valence-electron chi connectivity index (χ0n) is 11.0. The lowest BCUT2D eigenvalue weighted by Gasteiger charge is -2.28. The summed E-state index contributed by atoms with van der Waals surface area (Å²) in [6, 6.07) is 5.85. The topological polar surface area (TPSA) is 44.5 Å². The molecule has 0 spiro atoms. The molecule has 4 heteroatoms. The van der Waals surface area contributed by atoms with Gasteiger partial charge in [0.05, 0.1) is 14.2 Å². The second kappa shape index (κ2) is 6.34. The van der Waals surface area contributed by atoms with Crippen LogP contribution in [0, 0.1) is 0 Å². The Labute approximate surface area is 113 Å². The van der Waals surface area contributed by atoms with E-state index in [1.165, 1.54) is 25.0 Å². The highest BCUT2D eigenvalue weighted by molar-refractivity contribution is 8.00. The average molecular weight is 267 g/mol. The van der Waals surface area contributed by atoms with E-state index >= 15 is 0 Å². The van der Waals surface area contributed by atoms with E-state index in [2.05, 4.69) is 0 Å². The van der Waals surface area contributed by atoms with Crippen molar-refractivity contribution in [2.45, 2.75) is 30.6 Å². The average Bonchev–Trinajstić information content (AvgIpc) is 2.46. The summed E-state index contributed by atoms with van der Waals surface area (Å²) in [6.45, 7) is 0. The maximum absolute atomic E-state index is 6.41. The normalized spacial score (nSPS) is 21.4. The van der Waals surface area contributed by atoms with Gasteiger partial charge in [0.2, 0.25) is 0 Å². The Kier molecular flexibility index (Phi) is 4.78. The minimum absolute atomic E-state index is 0.0142. The van der Waals surface area contributed by atoms with Crippen molar-refractivity contribution in [3.63, 3.8) is 0 Å². The zero-order chi connectivity index (χ0) is 13.0. The van der Waals surface area contributed by atoms with Gasteiger partial charge in [0.15, 0.2) is 0 Å². The molecule has 2 atom stereocenters. The van der Waals surface area contributed by atoms with E-state index in [1.54, 1.807) is 14.2 Å². The van der Waals surface area contributed by atoms with E-state index in [0.29, 0.717) is 5.25 Å². The van der Waals surface area contributed by atoms with Crippen molar-refractivity contribution in [2.75, 3.05) is 20.0 Å². The number of rotatable bonds is 4. The Morgan fingerprint density at radius 1 is 1.28 bits per heavy atom.